The van der Waals surface area contributed by atoms with E-state index in [0.29, 0.717) is 23.7 Å². The second kappa shape index (κ2) is 6.64. The number of hydrogen-bond donors (Lipinski definition) is 1. The second-order valence-electron chi connectivity index (χ2n) is 7.93. The standard InChI is InChI=1S/C20H25N5O2/c26-19(14-4-5-14)24-11-9-23(10-12-24)15-6-7-17-16(13-15)20(27)25(22-17)18-3-1-2-8-21-18/h1-3,8,14-15,22H,4-7,9-13H2. The van der Waals surface area contributed by atoms with Crippen LogP contribution in [0, 0.1) is 5.92 Å². The second-order valence-corrected chi connectivity index (χ2v) is 7.93. The Labute approximate surface area is 158 Å². The summed E-state index contributed by atoms with van der Waals surface area (Å²) in [6.45, 7) is 3.47. The summed E-state index contributed by atoms with van der Waals surface area (Å²) in [5.74, 6) is 1.30. The molecule has 2 aliphatic carbocycles. The molecule has 27 heavy (non-hydrogen) atoms. The Balaban J connectivity index is 1.28. The van der Waals surface area contributed by atoms with Crippen molar-refractivity contribution >= 4 is 5.91 Å². The number of aromatic amines is 1. The van der Waals surface area contributed by atoms with Crippen molar-refractivity contribution in [1.82, 2.24) is 24.6 Å². The molecule has 3 heterocycles. The minimum absolute atomic E-state index is 0.0240. The van der Waals surface area contributed by atoms with Crippen LogP contribution in [0.15, 0.2) is 29.2 Å². The number of carbonyl (C=O) groups is 1. The maximum absolute atomic E-state index is 12.9. The first-order chi connectivity index (χ1) is 13.2. The number of nitrogens with zero attached hydrogens (tertiary/aromatic N) is 4. The third-order valence-corrected chi connectivity index (χ3v) is 6.19. The molecule has 1 saturated carbocycles. The Bertz CT molecular complexity index is 891. The highest BCUT2D eigenvalue weighted by atomic mass is 16.2. The molecule has 2 fully saturated rings. The van der Waals surface area contributed by atoms with Gasteiger partial charge < -0.3 is 4.90 Å². The average Bonchev–Trinajstić information content (AvgIpc) is 3.52. The number of piperazine rings is 1. The van der Waals surface area contributed by atoms with Crippen LogP contribution < -0.4 is 5.56 Å². The molecule has 3 aliphatic rings. The van der Waals surface area contributed by atoms with Crippen LogP contribution in [0.25, 0.3) is 5.82 Å². The van der Waals surface area contributed by atoms with E-state index in [-0.39, 0.29) is 5.56 Å². The van der Waals surface area contributed by atoms with Gasteiger partial charge in [-0.05, 0) is 44.2 Å². The lowest BCUT2D eigenvalue weighted by atomic mass is 9.92. The summed E-state index contributed by atoms with van der Waals surface area (Å²) in [5, 5.41) is 3.25. The summed E-state index contributed by atoms with van der Waals surface area (Å²) in [6.07, 6.45) is 6.55. The number of pyridine rings is 1. The van der Waals surface area contributed by atoms with Crippen molar-refractivity contribution in [3.8, 4) is 5.82 Å². The summed E-state index contributed by atoms with van der Waals surface area (Å²) in [7, 11) is 0. The largest absolute Gasteiger partial charge is 0.340 e. The molecule has 142 valence electrons. The first-order valence-corrected chi connectivity index (χ1v) is 9.98. The number of amides is 1. The van der Waals surface area contributed by atoms with E-state index in [9.17, 15) is 9.59 Å². The molecule has 7 nitrogen and oxygen atoms in total. The minimum atomic E-state index is 0.0240. The Morgan fingerprint density at radius 1 is 1.11 bits per heavy atom. The van der Waals surface area contributed by atoms with Gasteiger partial charge in [0.25, 0.3) is 5.56 Å². The molecular formula is C20H25N5O2. The van der Waals surface area contributed by atoms with Crippen LogP contribution >= 0.6 is 0 Å². The maximum atomic E-state index is 12.9. The lowest BCUT2D eigenvalue weighted by Gasteiger charge is -2.40. The zero-order chi connectivity index (χ0) is 18.4. The van der Waals surface area contributed by atoms with Crippen molar-refractivity contribution in [3.05, 3.63) is 46.0 Å². The van der Waals surface area contributed by atoms with E-state index in [1.165, 1.54) is 0 Å². The van der Waals surface area contributed by atoms with Crippen LogP contribution in [0.3, 0.4) is 0 Å². The van der Waals surface area contributed by atoms with Crippen molar-refractivity contribution in [3.63, 3.8) is 0 Å². The smallest absolute Gasteiger partial charge is 0.276 e. The number of fused-ring (bicyclic) bond motifs is 1. The summed E-state index contributed by atoms with van der Waals surface area (Å²) in [4.78, 5) is 33.9. The van der Waals surface area contributed by atoms with Gasteiger partial charge in [0.15, 0.2) is 5.82 Å². The van der Waals surface area contributed by atoms with Crippen LogP contribution in [0.1, 0.15) is 30.5 Å². The number of hydrogen-bond acceptors (Lipinski definition) is 4. The number of H-pyrrole nitrogens is 1. The summed E-state index contributed by atoms with van der Waals surface area (Å²) in [6, 6.07) is 5.97. The highest BCUT2D eigenvalue weighted by Crippen LogP contribution is 2.31. The number of aryl methyl sites for hydroxylation is 1. The van der Waals surface area contributed by atoms with E-state index >= 15 is 0 Å². The third-order valence-electron chi connectivity index (χ3n) is 6.19. The van der Waals surface area contributed by atoms with Gasteiger partial charge in [0.1, 0.15) is 0 Å². The zero-order valence-corrected chi connectivity index (χ0v) is 15.4. The molecule has 2 aromatic rings. The predicted octanol–water partition coefficient (Wildman–Crippen LogP) is 0.972. The highest BCUT2D eigenvalue weighted by molar-refractivity contribution is 5.81. The van der Waals surface area contributed by atoms with Crippen LogP contribution in [-0.2, 0) is 17.6 Å². The number of carbonyl (C=O) groups excluding carboxylic acids is 1. The summed E-state index contributed by atoms with van der Waals surface area (Å²) >= 11 is 0. The molecule has 0 radical (unpaired) electrons. The molecule has 1 aliphatic heterocycles. The molecule has 0 aromatic carbocycles. The molecule has 0 bridgehead atoms. The van der Waals surface area contributed by atoms with Crippen molar-refractivity contribution in [2.45, 2.75) is 38.1 Å². The molecule has 1 saturated heterocycles. The van der Waals surface area contributed by atoms with E-state index in [1.807, 2.05) is 23.1 Å². The molecule has 0 spiro atoms. The van der Waals surface area contributed by atoms with E-state index < -0.39 is 0 Å². The van der Waals surface area contributed by atoms with Gasteiger partial charge in [0.2, 0.25) is 5.91 Å². The molecule has 1 unspecified atom stereocenters. The van der Waals surface area contributed by atoms with Crippen molar-refractivity contribution < 1.29 is 4.79 Å². The average molecular weight is 367 g/mol. The van der Waals surface area contributed by atoms with Gasteiger partial charge in [-0.2, -0.15) is 0 Å². The number of nitrogens with one attached hydrogen (secondary N) is 1. The van der Waals surface area contributed by atoms with Crippen LogP contribution in [0.4, 0.5) is 0 Å². The monoisotopic (exact) mass is 367 g/mol. The van der Waals surface area contributed by atoms with E-state index in [4.69, 9.17) is 0 Å². The van der Waals surface area contributed by atoms with Gasteiger partial charge in [-0.1, -0.05) is 6.07 Å². The summed E-state index contributed by atoms with van der Waals surface area (Å²) < 4.78 is 1.57. The van der Waals surface area contributed by atoms with Gasteiger partial charge >= 0.3 is 0 Å². The van der Waals surface area contributed by atoms with E-state index in [2.05, 4.69) is 15.0 Å². The fraction of sp³-hybridized carbons (Fsp3) is 0.550. The van der Waals surface area contributed by atoms with Gasteiger partial charge in [-0.15, -0.1) is 0 Å². The normalized spacial score (nSPS) is 23.3. The molecule has 2 aromatic heterocycles. The van der Waals surface area contributed by atoms with Gasteiger partial charge in [-0.3, -0.25) is 19.6 Å². The Hall–Kier alpha value is -2.41. The molecule has 1 amide bonds. The molecule has 1 atom stereocenters. The van der Waals surface area contributed by atoms with Crippen molar-refractivity contribution in [2.24, 2.45) is 5.92 Å². The van der Waals surface area contributed by atoms with Crippen molar-refractivity contribution in [1.29, 1.82) is 0 Å². The molecule has 1 N–H and O–H groups in total. The van der Waals surface area contributed by atoms with E-state index in [1.54, 1.807) is 10.9 Å². The highest BCUT2D eigenvalue weighted by Gasteiger charge is 2.36. The Morgan fingerprint density at radius 2 is 1.93 bits per heavy atom. The Kier molecular flexibility index (Phi) is 4.11. The van der Waals surface area contributed by atoms with Crippen molar-refractivity contribution in [2.75, 3.05) is 26.2 Å². The number of aromatic nitrogens is 3. The molecule has 5 rings (SSSR count). The lowest BCUT2D eigenvalue weighted by Crippen LogP contribution is -2.53. The van der Waals surface area contributed by atoms with Crippen LogP contribution in [-0.4, -0.2) is 62.7 Å². The molecule has 7 heteroatoms. The van der Waals surface area contributed by atoms with Gasteiger partial charge in [0.05, 0.1) is 0 Å². The van der Waals surface area contributed by atoms with E-state index in [0.717, 1.165) is 69.5 Å². The molecular weight excluding hydrogens is 342 g/mol. The zero-order valence-electron chi connectivity index (χ0n) is 15.4. The fourth-order valence-electron chi connectivity index (χ4n) is 4.44. The minimum Gasteiger partial charge on any atom is -0.340 e. The fourth-order valence-corrected chi connectivity index (χ4v) is 4.44. The Morgan fingerprint density at radius 3 is 2.63 bits per heavy atom. The third kappa shape index (κ3) is 3.10. The first-order valence-electron chi connectivity index (χ1n) is 9.98. The van der Waals surface area contributed by atoms with Gasteiger partial charge in [-0.25, -0.2) is 9.67 Å². The summed E-state index contributed by atoms with van der Waals surface area (Å²) in [5.41, 5.74) is 1.97. The topological polar surface area (TPSA) is 74.2 Å². The number of rotatable bonds is 3. The van der Waals surface area contributed by atoms with Crippen LogP contribution in [0.5, 0.6) is 0 Å². The predicted molar refractivity (Wildman–Crippen MR) is 101 cm³/mol. The lowest BCUT2D eigenvalue weighted by molar-refractivity contribution is -0.134. The quantitative estimate of drug-likeness (QED) is 0.877. The van der Waals surface area contributed by atoms with Gasteiger partial charge in [0, 0.05) is 55.6 Å². The maximum Gasteiger partial charge on any atom is 0.276 e. The van der Waals surface area contributed by atoms with Crippen LogP contribution in [0.2, 0.25) is 0 Å². The first kappa shape index (κ1) is 16.7. The SMILES string of the molecule is O=C(C1CC1)N1CCN(C2CCc3[nH]n(-c4ccccn4)c(=O)c3C2)CC1.